The number of rotatable bonds is 8. The average Bonchev–Trinajstić information content (AvgIpc) is 3.12. The predicted octanol–water partition coefficient (Wildman–Crippen LogP) is 3.46. The van der Waals surface area contributed by atoms with E-state index in [1.807, 2.05) is 0 Å². The maximum atomic E-state index is 6.02. The monoisotopic (exact) mass is 264 g/mol. The van der Waals surface area contributed by atoms with E-state index in [0.29, 0.717) is 6.04 Å². The van der Waals surface area contributed by atoms with Crippen LogP contribution in [-0.2, 0) is 13.1 Å². The van der Waals surface area contributed by atoms with Crippen LogP contribution < -0.4 is 5.32 Å². The minimum absolute atomic E-state index is 0.496. The maximum absolute atomic E-state index is 6.02. The third-order valence-corrected chi connectivity index (χ3v) is 3.68. The normalized spacial score (nSPS) is 15.7. The van der Waals surface area contributed by atoms with E-state index in [1.165, 1.54) is 31.4 Å². The zero-order valence-electron chi connectivity index (χ0n) is 12.8. The summed E-state index contributed by atoms with van der Waals surface area (Å²) in [7, 11) is 0. The van der Waals surface area contributed by atoms with Gasteiger partial charge >= 0.3 is 0 Å². The van der Waals surface area contributed by atoms with Crippen LogP contribution in [0.15, 0.2) is 10.5 Å². The van der Waals surface area contributed by atoms with Crippen LogP contribution in [0.4, 0.5) is 0 Å². The Balaban J connectivity index is 1.94. The van der Waals surface area contributed by atoms with E-state index in [1.54, 1.807) is 0 Å². The third-order valence-electron chi connectivity index (χ3n) is 3.68. The molecule has 3 heteroatoms. The van der Waals surface area contributed by atoms with E-state index in [2.05, 4.69) is 44.0 Å². The van der Waals surface area contributed by atoms with Gasteiger partial charge in [0.05, 0.1) is 13.1 Å². The van der Waals surface area contributed by atoms with Crippen molar-refractivity contribution in [3.63, 3.8) is 0 Å². The van der Waals surface area contributed by atoms with Crippen molar-refractivity contribution in [1.29, 1.82) is 0 Å². The molecule has 1 heterocycles. The first-order chi connectivity index (χ1) is 9.10. The number of nitrogens with one attached hydrogen (secondary N) is 1. The topological polar surface area (TPSA) is 28.4 Å². The molecule has 108 valence electrons. The quantitative estimate of drug-likeness (QED) is 0.779. The van der Waals surface area contributed by atoms with Crippen LogP contribution in [0.2, 0.25) is 0 Å². The number of hydrogen-bond acceptors (Lipinski definition) is 3. The minimum Gasteiger partial charge on any atom is -0.463 e. The second-order valence-electron chi connectivity index (χ2n) is 6.06. The number of aryl methyl sites for hydroxylation is 1. The summed E-state index contributed by atoms with van der Waals surface area (Å²) in [6.07, 6.45) is 3.95. The highest BCUT2D eigenvalue weighted by atomic mass is 16.3. The van der Waals surface area contributed by atoms with Gasteiger partial charge in [-0.3, -0.25) is 4.90 Å². The lowest BCUT2D eigenvalue weighted by atomic mass is 10.2. The van der Waals surface area contributed by atoms with Crippen molar-refractivity contribution in [1.82, 2.24) is 10.2 Å². The first-order valence-corrected chi connectivity index (χ1v) is 7.65. The standard InChI is InChI=1S/C16H28N2O/c1-5-8-18(14-6-7-14)11-15-9-13(4)16(19-15)10-17-12(2)3/h9,12,14,17H,5-8,10-11H2,1-4H3. The molecular weight excluding hydrogens is 236 g/mol. The summed E-state index contributed by atoms with van der Waals surface area (Å²) >= 11 is 0. The molecule has 0 bridgehead atoms. The first-order valence-electron chi connectivity index (χ1n) is 7.65. The molecule has 1 aliphatic rings. The van der Waals surface area contributed by atoms with Crippen LogP contribution in [0.25, 0.3) is 0 Å². The Hall–Kier alpha value is -0.800. The molecule has 0 amide bonds. The second kappa shape index (κ2) is 6.58. The fourth-order valence-corrected chi connectivity index (χ4v) is 2.46. The molecule has 3 nitrogen and oxygen atoms in total. The Bertz CT molecular complexity index is 393. The van der Waals surface area contributed by atoms with Gasteiger partial charge in [-0.2, -0.15) is 0 Å². The summed E-state index contributed by atoms with van der Waals surface area (Å²) in [4.78, 5) is 2.57. The van der Waals surface area contributed by atoms with E-state index in [-0.39, 0.29) is 0 Å². The van der Waals surface area contributed by atoms with Crippen molar-refractivity contribution < 1.29 is 4.42 Å². The lowest BCUT2D eigenvalue weighted by Gasteiger charge is -2.19. The van der Waals surface area contributed by atoms with E-state index in [4.69, 9.17) is 4.42 Å². The van der Waals surface area contributed by atoms with E-state index >= 15 is 0 Å². The van der Waals surface area contributed by atoms with Crippen LogP contribution in [0.3, 0.4) is 0 Å². The van der Waals surface area contributed by atoms with Crippen LogP contribution in [-0.4, -0.2) is 23.5 Å². The highest BCUT2D eigenvalue weighted by molar-refractivity contribution is 5.20. The van der Waals surface area contributed by atoms with Crippen molar-refractivity contribution in [3.05, 3.63) is 23.2 Å². The van der Waals surface area contributed by atoms with Gasteiger partial charge in [-0.15, -0.1) is 0 Å². The summed E-state index contributed by atoms with van der Waals surface area (Å²) in [6, 6.07) is 3.51. The van der Waals surface area contributed by atoms with E-state index in [0.717, 1.165) is 30.7 Å². The van der Waals surface area contributed by atoms with Crippen molar-refractivity contribution in [3.8, 4) is 0 Å². The molecule has 0 aromatic carbocycles. The molecule has 19 heavy (non-hydrogen) atoms. The maximum Gasteiger partial charge on any atom is 0.120 e. The van der Waals surface area contributed by atoms with Gasteiger partial charge in [0.2, 0.25) is 0 Å². The SMILES string of the molecule is CCCN(Cc1cc(C)c(CNC(C)C)o1)C1CC1. The second-order valence-corrected chi connectivity index (χ2v) is 6.06. The lowest BCUT2D eigenvalue weighted by Crippen LogP contribution is -2.26. The fourth-order valence-electron chi connectivity index (χ4n) is 2.46. The highest BCUT2D eigenvalue weighted by Crippen LogP contribution is 2.29. The van der Waals surface area contributed by atoms with Gasteiger partial charge in [-0.05, 0) is 44.4 Å². The number of hydrogen-bond donors (Lipinski definition) is 1. The molecule has 1 aliphatic carbocycles. The zero-order valence-corrected chi connectivity index (χ0v) is 12.8. The van der Waals surface area contributed by atoms with Gasteiger partial charge in [0.15, 0.2) is 0 Å². The predicted molar refractivity (Wildman–Crippen MR) is 79.1 cm³/mol. The van der Waals surface area contributed by atoms with Crippen molar-refractivity contribution >= 4 is 0 Å². The van der Waals surface area contributed by atoms with E-state index in [9.17, 15) is 0 Å². The molecule has 1 fully saturated rings. The summed E-state index contributed by atoms with van der Waals surface area (Å²) in [5.41, 5.74) is 1.27. The number of nitrogens with zero attached hydrogens (tertiary/aromatic N) is 1. The summed E-state index contributed by atoms with van der Waals surface area (Å²) < 4.78 is 6.02. The summed E-state index contributed by atoms with van der Waals surface area (Å²) in [6.45, 7) is 11.7. The van der Waals surface area contributed by atoms with Gasteiger partial charge in [0, 0.05) is 12.1 Å². The molecule has 2 rings (SSSR count). The molecule has 1 saturated carbocycles. The van der Waals surface area contributed by atoms with Crippen LogP contribution in [0, 0.1) is 6.92 Å². The number of furan rings is 1. The van der Waals surface area contributed by atoms with Crippen molar-refractivity contribution in [2.24, 2.45) is 0 Å². The zero-order chi connectivity index (χ0) is 13.8. The van der Waals surface area contributed by atoms with Gasteiger partial charge in [0.25, 0.3) is 0 Å². The Morgan fingerprint density at radius 3 is 2.74 bits per heavy atom. The molecule has 0 aliphatic heterocycles. The molecule has 0 atom stereocenters. The Labute approximate surface area is 117 Å². The van der Waals surface area contributed by atoms with Crippen LogP contribution in [0.1, 0.15) is 57.1 Å². The summed E-state index contributed by atoms with van der Waals surface area (Å²) in [5, 5.41) is 3.42. The molecule has 0 unspecified atom stereocenters. The summed E-state index contributed by atoms with van der Waals surface area (Å²) in [5.74, 6) is 2.22. The molecule has 0 radical (unpaired) electrons. The fraction of sp³-hybridized carbons (Fsp3) is 0.750. The molecule has 0 spiro atoms. The van der Waals surface area contributed by atoms with Crippen LogP contribution >= 0.6 is 0 Å². The van der Waals surface area contributed by atoms with Crippen LogP contribution in [0.5, 0.6) is 0 Å². The van der Waals surface area contributed by atoms with Gasteiger partial charge in [0.1, 0.15) is 11.5 Å². The first kappa shape index (κ1) is 14.6. The third kappa shape index (κ3) is 4.36. The molecule has 1 aromatic rings. The Kier molecular flexibility index (Phi) is 5.06. The minimum atomic E-state index is 0.496. The van der Waals surface area contributed by atoms with Crippen molar-refractivity contribution in [2.75, 3.05) is 6.54 Å². The Morgan fingerprint density at radius 1 is 1.42 bits per heavy atom. The van der Waals surface area contributed by atoms with E-state index < -0.39 is 0 Å². The molecule has 0 saturated heterocycles. The highest BCUT2D eigenvalue weighted by Gasteiger charge is 2.29. The van der Waals surface area contributed by atoms with Gasteiger partial charge in [-0.25, -0.2) is 0 Å². The lowest BCUT2D eigenvalue weighted by molar-refractivity contribution is 0.231. The van der Waals surface area contributed by atoms with Gasteiger partial charge in [-0.1, -0.05) is 20.8 Å². The smallest absolute Gasteiger partial charge is 0.120 e. The average molecular weight is 264 g/mol. The van der Waals surface area contributed by atoms with Gasteiger partial charge < -0.3 is 9.73 Å². The molecular formula is C16H28N2O. The Morgan fingerprint density at radius 2 is 2.16 bits per heavy atom. The van der Waals surface area contributed by atoms with Crippen molar-refractivity contribution in [2.45, 2.75) is 72.1 Å². The molecule has 1 N–H and O–H groups in total. The molecule has 1 aromatic heterocycles. The largest absolute Gasteiger partial charge is 0.463 e.